The highest BCUT2D eigenvalue weighted by molar-refractivity contribution is 6.13. The van der Waals surface area contributed by atoms with E-state index in [4.69, 9.17) is 4.74 Å². The third-order valence-electron chi connectivity index (χ3n) is 5.93. The third kappa shape index (κ3) is 1.57. The van der Waals surface area contributed by atoms with Crippen LogP contribution in [-0.2, 0) is 14.9 Å². The Morgan fingerprint density at radius 2 is 1.77 bits per heavy atom. The lowest BCUT2D eigenvalue weighted by atomic mass is 9.67. The van der Waals surface area contributed by atoms with Gasteiger partial charge in [0.05, 0.1) is 4.92 Å². The number of hydrogen-bond donors (Lipinski definition) is 1. The Balaban J connectivity index is 1.85. The first-order valence-electron chi connectivity index (χ1n) is 8.63. The van der Waals surface area contributed by atoms with Gasteiger partial charge in [-0.05, 0) is 12.8 Å². The maximum atomic E-state index is 13.4. The van der Waals surface area contributed by atoms with E-state index in [1.54, 1.807) is 6.07 Å². The molecule has 0 fully saturated rings. The highest BCUT2D eigenvalue weighted by Gasteiger charge is 2.60. The molecular weight excluding hydrogens is 336 g/mol. The minimum Gasteiger partial charge on any atom is -0.425 e. The molecule has 26 heavy (non-hydrogen) atoms. The van der Waals surface area contributed by atoms with Crippen LogP contribution in [0, 0.1) is 10.1 Å². The highest BCUT2D eigenvalue weighted by Crippen LogP contribution is 2.58. The first-order chi connectivity index (χ1) is 12.5. The summed E-state index contributed by atoms with van der Waals surface area (Å²) >= 11 is 0. The van der Waals surface area contributed by atoms with Crippen LogP contribution in [0.1, 0.15) is 18.4 Å². The molecule has 0 aromatic heterocycles. The lowest BCUT2D eigenvalue weighted by molar-refractivity contribution is -0.383. The van der Waals surface area contributed by atoms with Crippen LogP contribution in [0.3, 0.4) is 0 Å². The minimum absolute atomic E-state index is 0.0683. The number of benzene rings is 1. The van der Waals surface area contributed by atoms with Crippen LogP contribution in [0.4, 0.5) is 11.4 Å². The molecule has 0 saturated carbocycles. The van der Waals surface area contributed by atoms with E-state index in [0.717, 1.165) is 24.2 Å². The fourth-order valence-electron chi connectivity index (χ4n) is 4.75. The number of amides is 1. The molecule has 134 valence electrons. The molecule has 4 heterocycles. The summed E-state index contributed by atoms with van der Waals surface area (Å²) in [5.41, 5.74) is 1.73. The van der Waals surface area contributed by atoms with Gasteiger partial charge in [0.15, 0.2) is 11.8 Å². The van der Waals surface area contributed by atoms with Gasteiger partial charge in [0.1, 0.15) is 11.1 Å². The molecule has 1 N–H and O–H groups in total. The number of ether oxygens (including phenoxy) is 1. The fourth-order valence-corrected chi connectivity index (χ4v) is 4.75. The van der Waals surface area contributed by atoms with Crippen molar-refractivity contribution in [2.24, 2.45) is 0 Å². The molecule has 0 atom stereocenters. The molecule has 5 rings (SSSR count). The van der Waals surface area contributed by atoms with Gasteiger partial charge in [0.25, 0.3) is 5.69 Å². The van der Waals surface area contributed by atoms with Crippen LogP contribution in [0.25, 0.3) is 0 Å². The molecule has 0 saturated heterocycles. The van der Waals surface area contributed by atoms with E-state index in [2.05, 4.69) is 5.32 Å². The maximum Gasteiger partial charge on any atom is 0.293 e. The fraction of sp³-hybridized carbons (Fsp3) is 0.389. The number of para-hydroxylation sites is 1. The molecule has 0 unspecified atom stereocenters. The van der Waals surface area contributed by atoms with Crippen LogP contribution in [0.15, 0.2) is 41.1 Å². The Bertz CT molecular complexity index is 915. The van der Waals surface area contributed by atoms with E-state index < -0.39 is 10.3 Å². The molecule has 1 amide bonds. The number of carbonyl (C=O) groups excluding carboxylic acids is 1. The van der Waals surface area contributed by atoms with Gasteiger partial charge in [-0.15, -0.1) is 0 Å². The summed E-state index contributed by atoms with van der Waals surface area (Å²) in [7, 11) is 3.88. The smallest absolute Gasteiger partial charge is 0.293 e. The number of fused-ring (bicyclic) bond motifs is 4. The summed E-state index contributed by atoms with van der Waals surface area (Å²) < 4.78 is 6.18. The number of nitrogens with one attached hydrogen (secondary N) is 1. The summed E-state index contributed by atoms with van der Waals surface area (Å²) in [5.74, 6) is 1.19. The average molecular weight is 354 g/mol. The topological polar surface area (TPSA) is 88.0 Å². The van der Waals surface area contributed by atoms with Gasteiger partial charge in [-0.2, -0.15) is 0 Å². The number of nitro groups is 1. The molecule has 4 aliphatic rings. The first-order valence-corrected chi connectivity index (χ1v) is 8.63. The van der Waals surface area contributed by atoms with Crippen LogP contribution < -0.4 is 5.32 Å². The van der Waals surface area contributed by atoms with E-state index >= 15 is 0 Å². The second kappa shape index (κ2) is 4.78. The van der Waals surface area contributed by atoms with Crippen LogP contribution in [-0.4, -0.2) is 47.8 Å². The van der Waals surface area contributed by atoms with Gasteiger partial charge >= 0.3 is 0 Å². The Morgan fingerprint density at radius 1 is 1.15 bits per heavy atom. The Kier molecular flexibility index (Phi) is 2.80. The Morgan fingerprint density at radius 3 is 2.35 bits per heavy atom. The lowest BCUT2D eigenvalue weighted by Crippen LogP contribution is -2.41. The van der Waals surface area contributed by atoms with E-state index in [1.165, 1.54) is 6.07 Å². The molecular formula is C18H18N4O4. The number of carbonyl (C=O) groups is 1. The Hall–Kier alpha value is -3.03. The van der Waals surface area contributed by atoms with Crippen molar-refractivity contribution in [3.05, 3.63) is 56.8 Å². The zero-order chi connectivity index (χ0) is 18.2. The van der Waals surface area contributed by atoms with Crippen LogP contribution in [0.2, 0.25) is 0 Å². The summed E-state index contributed by atoms with van der Waals surface area (Å²) in [6.07, 6.45) is 1.39. The van der Waals surface area contributed by atoms with Crippen molar-refractivity contribution < 1.29 is 14.5 Å². The molecule has 0 aliphatic carbocycles. The van der Waals surface area contributed by atoms with Crippen molar-refractivity contribution in [2.45, 2.75) is 18.3 Å². The third-order valence-corrected chi connectivity index (χ3v) is 5.93. The second-order valence-electron chi connectivity index (χ2n) is 7.17. The summed E-state index contributed by atoms with van der Waals surface area (Å²) in [4.78, 5) is 28.5. The second-order valence-corrected chi connectivity index (χ2v) is 7.17. The zero-order valence-corrected chi connectivity index (χ0v) is 14.5. The minimum atomic E-state index is -1.00. The maximum absolute atomic E-state index is 13.4. The van der Waals surface area contributed by atoms with Gasteiger partial charge in [0.2, 0.25) is 5.91 Å². The molecule has 0 radical (unpaired) electrons. The van der Waals surface area contributed by atoms with Crippen molar-refractivity contribution in [2.75, 3.05) is 32.5 Å². The zero-order valence-electron chi connectivity index (χ0n) is 14.5. The largest absolute Gasteiger partial charge is 0.425 e. The molecule has 1 spiro atoms. The summed E-state index contributed by atoms with van der Waals surface area (Å²) in [6.45, 7) is 1.52. The highest BCUT2D eigenvalue weighted by atomic mass is 16.6. The van der Waals surface area contributed by atoms with Gasteiger partial charge in [-0.1, -0.05) is 12.1 Å². The molecule has 1 aromatic rings. The molecule has 4 aliphatic heterocycles. The molecule has 1 aromatic carbocycles. The van der Waals surface area contributed by atoms with Crippen molar-refractivity contribution in [1.82, 2.24) is 9.80 Å². The number of nitro benzene ring substituents is 1. The number of rotatable bonds is 1. The van der Waals surface area contributed by atoms with Crippen molar-refractivity contribution in [3.8, 4) is 0 Å². The SMILES string of the molecule is CN1CCC2=C1OC1=C(CCN1C)C21C(=O)Nc2c([N+](=O)[O-])cccc21. The standard InChI is InChI=1S/C18H18N4O4/c1-20-8-6-11-15(20)26-16-12(7-9-21(16)2)18(11)10-4-3-5-13(22(24)25)14(10)19-17(18)23/h3-5H,6-9H2,1-2H3,(H,19,23). The predicted molar refractivity (Wildman–Crippen MR) is 93.0 cm³/mol. The van der Waals surface area contributed by atoms with Crippen molar-refractivity contribution >= 4 is 17.3 Å². The van der Waals surface area contributed by atoms with E-state index in [-0.39, 0.29) is 11.6 Å². The van der Waals surface area contributed by atoms with E-state index in [9.17, 15) is 14.9 Å². The van der Waals surface area contributed by atoms with Crippen LogP contribution >= 0.6 is 0 Å². The lowest BCUT2D eigenvalue weighted by Gasteiger charge is -2.36. The monoisotopic (exact) mass is 354 g/mol. The quantitative estimate of drug-likeness (QED) is 0.612. The number of hydrogen-bond acceptors (Lipinski definition) is 6. The molecule has 8 heteroatoms. The first kappa shape index (κ1) is 15.2. The number of nitrogens with zero attached hydrogens (tertiary/aromatic N) is 3. The summed E-state index contributed by atoms with van der Waals surface area (Å²) in [5, 5.41) is 14.3. The van der Waals surface area contributed by atoms with Gasteiger partial charge in [-0.25, -0.2) is 0 Å². The predicted octanol–water partition coefficient (Wildman–Crippen LogP) is 1.91. The average Bonchev–Trinajstić information content (AvgIpc) is 3.25. The molecule has 0 bridgehead atoms. The summed E-state index contributed by atoms with van der Waals surface area (Å²) in [6, 6.07) is 4.92. The number of anilines is 1. The van der Waals surface area contributed by atoms with Crippen LogP contribution in [0.5, 0.6) is 0 Å². The molecule has 8 nitrogen and oxygen atoms in total. The van der Waals surface area contributed by atoms with Gasteiger partial charge in [0, 0.05) is 50.0 Å². The van der Waals surface area contributed by atoms with E-state index in [1.807, 2.05) is 30.0 Å². The van der Waals surface area contributed by atoms with Gasteiger partial charge in [-0.3, -0.25) is 14.9 Å². The Labute approximate surface area is 149 Å². The van der Waals surface area contributed by atoms with Crippen molar-refractivity contribution in [1.29, 1.82) is 0 Å². The normalized spacial score (nSPS) is 22.5. The van der Waals surface area contributed by atoms with Crippen molar-refractivity contribution in [3.63, 3.8) is 0 Å². The van der Waals surface area contributed by atoms with E-state index in [0.29, 0.717) is 35.9 Å². The van der Waals surface area contributed by atoms with Gasteiger partial charge < -0.3 is 19.9 Å².